The second-order valence-electron chi connectivity index (χ2n) is 27.7. The predicted molar refractivity (Wildman–Crippen MR) is 354 cm³/mol. The number of carbonyl (C=O) groups excluding carboxylic acids is 1. The number of aromatic nitrogens is 5. The minimum atomic E-state index is -0.301. The van der Waals surface area contributed by atoms with Gasteiger partial charge >= 0.3 is 0 Å². The Labute approximate surface area is 513 Å². The van der Waals surface area contributed by atoms with Crippen LogP contribution in [-0.2, 0) is 49.4 Å². The molecule has 3 aromatic carbocycles. The molecular formula is C73H105ClN6O4. The number of rotatable bonds is 7. The van der Waals surface area contributed by atoms with Gasteiger partial charge in [-0.05, 0) is 114 Å². The molecule has 0 spiro atoms. The molecule has 0 aliphatic carbocycles. The lowest BCUT2D eigenvalue weighted by molar-refractivity contribution is -0.139. The lowest BCUT2D eigenvalue weighted by Crippen LogP contribution is -2.40. The van der Waals surface area contributed by atoms with Crippen molar-refractivity contribution >= 4 is 17.5 Å². The Kier molecular flexibility index (Phi) is 27.6. The maximum atomic E-state index is 12.4. The number of imidazole rings is 1. The number of ether oxygens (including phenoxy) is 3. The molecule has 7 aromatic rings. The number of amides is 1. The molecule has 5 heterocycles. The molecule has 1 aliphatic heterocycles. The fourth-order valence-electron chi connectivity index (χ4n) is 9.12. The molecule has 0 saturated heterocycles. The Morgan fingerprint density at radius 2 is 1.18 bits per heavy atom. The Morgan fingerprint density at radius 3 is 1.64 bits per heavy atom. The van der Waals surface area contributed by atoms with E-state index in [-0.39, 0.29) is 33.0 Å². The van der Waals surface area contributed by atoms with Crippen LogP contribution in [0.5, 0.6) is 11.5 Å². The minimum absolute atomic E-state index is 0.0202. The molecule has 1 amide bonds. The first-order valence-electron chi connectivity index (χ1n) is 29.7. The van der Waals surface area contributed by atoms with Gasteiger partial charge in [-0.1, -0.05) is 203 Å². The Bertz CT molecular complexity index is 2950. The van der Waals surface area contributed by atoms with Gasteiger partial charge in [0.25, 0.3) is 0 Å². The van der Waals surface area contributed by atoms with Crippen molar-refractivity contribution in [2.75, 3.05) is 40.5 Å². The van der Waals surface area contributed by atoms with Gasteiger partial charge in [0.1, 0.15) is 23.0 Å². The van der Waals surface area contributed by atoms with E-state index in [2.05, 4.69) is 215 Å². The normalized spacial score (nSPS) is 12.5. The van der Waals surface area contributed by atoms with Crippen molar-refractivity contribution in [3.8, 4) is 22.9 Å². The largest absolute Gasteiger partial charge is 0.496 e. The molecule has 8 rings (SSSR count). The topological polar surface area (TPSA) is 115 Å². The van der Waals surface area contributed by atoms with Crippen LogP contribution < -0.4 is 9.47 Å². The van der Waals surface area contributed by atoms with E-state index in [0.717, 1.165) is 83.2 Å². The van der Waals surface area contributed by atoms with Gasteiger partial charge in [-0.25, -0.2) is 4.98 Å². The third-order valence-electron chi connectivity index (χ3n) is 13.8. The highest BCUT2D eigenvalue weighted by molar-refractivity contribution is 6.31. The highest BCUT2D eigenvalue weighted by Crippen LogP contribution is 2.33. The van der Waals surface area contributed by atoms with E-state index in [1.165, 1.54) is 33.4 Å². The number of benzene rings is 3. The second kappa shape index (κ2) is 32.2. The Balaban J connectivity index is 0.000000273. The summed E-state index contributed by atoms with van der Waals surface area (Å²) in [7, 11) is 3.40. The number of carbonyl (C=O) groups is 1. The van der Waals surface area contributed by atoms with Crippen LogP contribution in [0.1, 0.15) is 187 Å². The average Bonchev–Trinajstić information content (AvgIpc) is 2.76. The first-order chi connectivity index (χ1) is 39.0. The van der Waals surface area contributed by atoms with Gasteiger partial charge < -0.3 is 24.1 Å². The number of nitrogens with zero attached hydrogens (tertiary/aromatic N) is 5. The molecule has 458 valence electrons. The molecule has 10 nitrogen and oxygen atoms in total. The first-order valence-corrected chi connectivity index (χ1v) is 30.1. The maximum Gasteiger partial charge on any atom is 0.227 e. The zero-order valence-corrected chi connectivity index (χ0v) is 56.6. The highest BCUT2D eigenvalue weighted by atomic mass is 35.5. The van der Waals surface area contributed by atoms with E-state index in [9.17, 15) is 4.79 Å². The number of hydrogen-bond donors (Lipinski definition) is 1. The van der Waals surface area contributed by atoms with Crippen LogP contribution in [0.4, 0.5) is 0 Å². The highest BCUT2D eigenvalue weighted by Gasteiger charge is 2.29. The van der Waals surface area contributed by atoms with Crippen molar-refractivity contribution in [3.63, 3.8) is 0 Å². The fraction of sp³-hybridized carbons (Fsp3) is 0.493. The first kappa shape index (κ1) is 71.9. The van der Waals surface area contributed by atoms with E-state index in [1.54, 1.807) is 26.6 Å². The molecule has 1 aliphatic rings. The van der Waals surface area contributed by atoms with Gasteiger partial charge in [-0.2, -0.15) is 0 Å². The quantitative estimate of drug-likeness (QED) is 0.157. The van der Waals surface area contributed by atoms with Crippen molar-refractivity contribution in [2.24, 2.45) is 5.41 Å². The summed E-state index contributed by atoms with van der Waals surface area (Å²) in [5.74, 6) is 2.89. The fourth-order valence-corrected chi connectivity index (χ4v) is 9.52. The number of nitrogens with one attached hydrogen (secondary N) is 1. The van der Waals surface area contributed by atoms with Crippen LogP contribution in [0.25, 0.3) is 11.4 Å². The predicted octanol–water partition coefficient (Wildman–Crippen LogP) is 18.2. The van der Waals surface area contributed by atoms with Gasteiger partial charge in [0, 0.05) is 90.9 Å². The number of aromatic amines is 1. The number of halogens is 1. The van der Waals surface area contributed by atoms with Gasteiger partial charge in [0.2, 0.25) is 5.91 Å². The lowest BCUT2D eigenvalue weighted by atomic mass is 9.84. The molecule has 84 heavy (non-hydrogen) atoms. The van der Waals surface area contributed by atoms with Crippen molar-refractivity contribution in [1.29, 1.82) is 0 Å². The number of methoxy groups -OCH3 is 2. The Morgan fingerprint density at radius 1 is 0.583 bits per heavy atom. The molecule has 0 radical (unpaired) electrons. The van der Waals surface area contributed by atoms with Crippen LogP contribution in [0.2, 0.25) is 5.02 Å². The third-order valence-corrected chi connectivity index (χ3v) is 14.1. The number of H-pyrrole nitrogens is 1. The zero-order valence-electron chi connectivity index (χ0n) is 55.8. The van der Waals surface area contributed by atoms with Crippen molar-refractivity contribution in [3.05, 3.63) is 189 Å². The summed E-state index contributed by atoms with van der Waals surface area (Å²) in [6.45, 7) is 47.8. The summed E-state index contributed by atoms with van der Waals surface area (Å²) in [4.78, 5) is 35.3. The van der Waals surface area contributed by atoms with E-state index < -0.39 is 0 Å². The van der Waals surface area contributed by atoms with Gasteiger partial charge in [0.05, 0.1) is 30.1 Å². The van der Waals surface area contributed by atoms with Gasteiger partial charge in [-0.15, -0.1) is 0 Å². The molecule has 1 N–H and O–H groups in total. The van der Waals surface area contributed by atoms with E-state index in [4.69, 9.17) is 25.8 Å². The second-order valence-corrected chi connectivity index (χ2v) is 28.1. The minimum Gasteiger partial charge on any atom is -0.496 e. The standard InChI is InChI=1S/C17H25N3O2.C17H25NO2.C11H16.C10H14.C9H12ClN.C9H13N/c1-12-19-15(16(20-12)17(2,3)4)14-11-13(7-8-18-14)22-10-6-9-21-5;1-12-10-13-6-8-18(16(19)17(2,3)4)9-7-14(13)11-15(12)20-5;1-9-7-5-6-8-10(9)11(2,3)4;1-10(2,3)9-7-5-4-6-8-9;1-9(2,3)8-7(10)5-4-6-11-8;1-9(2,3)8-6-4-5-7-10-8/h7-8,11H,6,9-10H2,1-5H3,(H,19,20);10-11H,6-9H2,1-5H3;5-8H,1-4H3;4-8H,1-3H3;4-6H,1-3H3;4-7H,1-3H3. The molecule has 0 bridgehead atoms. The number of aryl methyl sites for hydroxylation is 3. The maximum absolute atomic E-state index is 12.4. The van der Waals surface area contributed by atoms with Crippen LogP contribution in [-0.4, -0.2) is 76.2 Å². The van der Waals surface area contributed by atoms with E-state index in [1.807, 2.05) is 75.2 Å². The summed E-state index contributed by atoms with van der Waals surface area (Å²) in [5.41, 5.74) is 13.5. The van der Waals surface area contributed by atoms with Crippen LogP contribution in [0.15, 0.2) is 128 Å². The number of hydrogen-bond acceptors (Lipinski definition) is 8. The summed E-state index contributed by atoms with van der Waals surface area (Å²) < 4.78 is 16.2. The summed E-state index contributed by atoms with van der Waals surface area (Å²) >= 11 is 5.95. The monoisotopic (exact) mass is 1160 g/mol. The van der Waals surface area contributed by atoms with Crippen molar-refractivity contribution in [2.45, 2.75) is 192 Å². The zero-order chi connectivity index (χ0) is 63.3. The molecular weight excluding hydrogens is 1060 g/mol. The van der Waals surface area contributed by atoms with Crippen molar-refractivity contribution in [1.82, 2.24) is 29.8 Å². The Hall–Kier alpha value is -6.36. The summed E-state index contributed by atoms with van der Waals surface area (Å²) in [5, 5.41) is 0.750. The summed E-state index contributed by atoms with van der Waals surface area (Å²) in [6, 6.07) is 37.0. The van der Waals surface area contributed by atoms with Crippen LogP contribution >= 0.6 is 11.6 Å². The third kappa shape index (κ3) is 24.3. The smallest absolute Gasteiger partial charge is 0.227 e. The average molecular weight is 1170 g/mol. The van der Waals surface area contributed by atoms with E-state index in [0.29, 0.717) is 18.6 Å². The van der Waals surface area contributed by atoms with Crippen LogP contribution in [0, 0.1) is 26.2 Å². The molecule has 0 unspecified atom stereocenters. The molecule has 0 atom stereocenters. The molecule has 4 aromatic heterocycles. The number of pyridine rings is 3. The van der Waals surface area contributed by atoms with Crippen molar-refractivity contribution < 1.29 is 19.0 Å². The lowest BCUT2D eigenvalue weighted by Gasteiger charge is -2.28. The van der Waals surface area contributed by atoms with Gasteiger partial charge in [0.15, 0.2) is 0 Å². The summed E-state index contributed by atoms with van der Waals surface area (Å²) in [6.07, 6.45) is 8.07. The van der Waals surface area contributed by atoms with Crippen LogP contribution in [0.3, 0.4) is 0 Å². The molecule has 0 saturated carbocycles. The van der Waals surface area contributed by atoms with E-state index >= 15 is 0 Å². The number of fused-ring (bicyclic) bond motifs is 1. The molecule has 11 heteroatoms. The SMILES string of the molecule is CC(C)(C)c1ccccc1.CC(C)(C)c1ccccn1.CC(C)(C)c1ncccc1Cl.COCCCOc1ccnc(-c2nc(C)[nH]c2C(C)(C)C)c1.COc1cc2c(cc1C)CCN(C(=O)C(C)(C)C)CC2.Cc1ccccc1C(C)(C)C. The van der Waals surface area contributed by atoms with Gasteiger partial charge in [-0.3, -0.25) is 19.7 Å². The molecule has 0 fully saturated rings.